The Morgan fingerprint density at radius 2 is 1.89 bits per heavy atom. The van der Waals surface area contributed by atoms with Crippen LogP contribution in [-0.2, 0) is 14.2 Å². The fraction of sp³-hybridized carbons (Fsp3) is 1.00. The lowest BCUT2D eigenvalue weighted by Crippen LogP contribution is -2.53. The SMILES string of the molecule is COCCOC1C(Cl)CC1OC1CCCCC1C. The van der Waals surface area contributed by atoms with E-state index in [1.165, 1.54) is 25.7 Å². The third-order valence-corrected chi connectivity index (χ3v) is 4.59. The first-order valence-electron chi connectivity index (χ1n) is 7.12. The predicted octanol–water partition coefficient (Wildman–Crippen LogP) is 2.99. The first-order chi connectivity index (χ1) is 8.72. The van der Waals surface area contributed by atoms with Crippen LogP contribution in [0.25, 0.3) is 0 Å². The summed E-state index contributed by atoms with van der Waals surface area (Å²) in [6, 6.07) is 0. The van der Waals surface area contributed by atoms with Gasteiger partial charge in [-0.25, -0.2) is 0 Å². The van der Waals surface area contributed by atoms with Gasteiger partial charge in [0.2, 0.25) is 0 Å². The molecule has 3 nitrogen and oxygen atoms in total. The summed E-state index contributed by atoms with van der Waals surface area (Å²) in [4.78, 5) is 0. The number of methoxy groups -OCH3 is 1. The molecular weight excluding hydrogens is 252 g/mol. The van der Waals surface area contributed by atoms with Crippen LogP contribution in [0.3, 0.4) is 0 Å². The number of halogens is 1. The molecule has 2 saturated carbocycles. The van der Waals surface area contributed by atoms with Crippen molar-refractivity contribution >= 4 is 11.6 Å². The standard InChI is InChI=1S/C14H25ClO3/c1-10-5-3-4-6-12(10)18-13-9-11(15)14(13)17-8-7-16-2/h10-14H,3-9H2,1-2H3. The van der Waals surface area contributed by atoms with Crippen molar-refractivity contribution in [1.82, 2.24) is 0 Å². The van der Waals surface area contributed by atoms with Crippen LogP contribution in [0.1, 0.15) is 39.0 Å². The van der Waals surface area contributed by atoms with Crippen LogP contribution in [-0.4, -0.2) is 44.0 Å². The molecule has 0 saturated heterocycles. The Balaban J connectivity index is 1.74. The van der Waals surface area contributed by atoms with E-state index in [1.807, 2.05) is 0 Å². The van der Waals surface area contributed by atoms with Gasteiger partial charge in [-0.3, -0.25) is 0 Å². The summed E-state index contributed by atoms with van der Waals surface area (Å²) >= 11 is 6.20. The molecule has 2 rings (SSSR count). The van der Waals surface area contributed by atoms with Gasteiger partial charge in [0.05, 0.1) is 30.8 Å². The quantitative estimate of drug-likeness (QED) is 0.551. The number of hydrogen-bond acceptors (Lipinski definition) is 3. The Morgan fingerprint density at radius 1 is 1.11 bits per heavy atom. The second-order valence-electron chi connectivity index (χ2n) is 5.55. The van der Waals surface area contributed by atoms with E-state index in [0.29, 0.717) is 25.2 Å². The van der Waals surface area contributed by atoms with Crippen molar-refractivity contribution in [2.75, 3.05) is 20.3 Å². The molecule has 0 amide bonds. The van der Waals surface area contributed by atoms with E-state index in [1.54, 1.807) is 7.11 Å². The lowest BCUT2D eigenvalue weighted by atomic mass is 9.86. The van der Waals surface area contributed by atoms with Gasteiger partial charge in [0.15, 0.2) is 0 Å². The van der Waals surface area contributed by atoms with Crippen LogP contribution < -0.4 is 0 Å². The zero-order valence-electron chi connectivity index (χ0n) is 11.4. The van der Waals surface area contributed by atoms with Crippen molar-refractivity contribution in [3.8, 4) is 0 Å². The molecule has 5 unspecified atom stereocenters. The smallest absolute Gasteiger partial charge is 0.100 e. The fourth-order valence-electron chi connectivity index (χ4n) is 2.85. The van der Waals surface area contributed by atoms with E-state index in [9.17, 15) is 0 Å². The third kappa shape index (κ3) is 3.60. The molecule has 0 aromatic carbocycles. The fourth-order valence-corrected chi connectivity index (χ4v) is 3.26. The van der Waals surface area contributed by atoms with Gasteiger partial charge in [-0.1, -0.05) is 19.8 Å². The number of ether oxygens (including phenoxy) is 3. The Morgan fingerprint density at radius 3 is 2.56 bits per heavy atom. The van der Waals surface area contributed by atoms with Gasteiger partial charge >= 0.3 is 0 Å². The second kappa shape index (κ2) is 7.09. The topological polar surface area (TPSA) is 27.7 Å². The van der Waals surface area contributed by atoms with Crippen molar-refractivity contribution in [2.24, 2.45) is 5.92 Å². The molecule has 0 radical (unpaired) electrons. The van der Waals surface area contributed by atoms with E-state index in [-0.39, 0.29) is 17.6 Å². The highest BCUT2D eigenvalue weighted by atomic mass is 35.5. The zero-order chi connectivity index (χ0) is 13.0. The molecule has 0 N–H and O–H groups in total. The van der Waals surface area contributed by atoms with Crippen LogP contribution in [0, 0.1) is 5.92 Å². The van der Waals surface area contributed by atoms with Crippen LogP contribution in [0.5, 0.6) is 0 Å². The highest BCUT2D eigenvalue weighted by Crippen LogP contribution is 2.36. The molecule has 2 aliphatic rings. The lowest BCUT2D eigenvalue weighted by Gasteiger charge is -2.44. The minimum absolute atomic E-state index is 0.0518. The summed E-state index contributed by atoms with van der Waals surface area (Å²) in [6.07, 6.45) is 6.68. The maximum Gasteiger partial charge on any atom is 0.100 e. The highest BCUT2D eigenvalue weighted by molar-refractivity contribution is 6.21. The van der Waals surface area contributed by atoms with Crippen molar-refractivity contribution in [2.45, 2.75) is 62.7 Å². The average Bonchev–Trinajstić information content (AvgIpc) is 2.36. The summed E-state index contributed by atoms with van der Waals surface area (Å²) in [6.45, 7) is 3.51. The Kier molecular flexibility index (Phi) is 5.74. The second-order valence-corrected chi connectivity index (χ2v) is 6.12. The minimum Gasteiger partial charge on any atom is -0.382 e. The molecule has 0 bridgehead atoms. The van der Waals surface area contributed by atoms with Gasteiger partial charge in [-0.05, 0) is 25.2 Å². The van der Waals surface area contributed by atoms with Crippen molar-refractivity contribution < 1.29 is 14.2 Å². The van der Waals surface area contributed by atoms with E-state index in [4.69, 9.17) is 25.8 Å². The summed E-state index contributed by atoms with van der Waals surface area (Å²) in [5.41, 5.74) is 0. The molecular formula is C14H25ClO3. The molecule has 0 aromatic heterocycles. The van der Waals surface area contributed by atoms with E-state index in [0.717, 1.165) is 6.42 Å². The number of hydrogen-bond donors (Lipinski definition) is 0. The van der Waals surface area contributed by atoms with Crippen molar-refractivity contribution in [3.63, 3.8) is 0 Å². The zero-order valence-corrected chi connectivity index (χ0v) is 12.2. The van der Waals surface area contributed by atoms with Crippen LogP contribution >= 0.6 is 11.6 Å². The third-order valence-electron chi connectivity index (χ3n) is 4.16. The molecule has 5 atom stereocenters. The van der Waals surface area contributed by atoms with Gasteiger partial charge in [0, 0.05) is 7.11 Å². The first kappa shape index (κ1) is 14.6. The minimum atomic E-state index is 0.0518. The van der Waals surface area contributed by atoms with Gasteiger partial charge in [0.1, 0.15) is 6.10 Å². The number of rotatable bonds is 6. The van der Waals surface area contributed by atoms with E-state index < -0.39 is 0 Å². The van der Waals surface area contributed by atoms with Gasteiger partial charge in [0.25, 0.3) is 0 Å². The number of alkyl halides is 1. The molecule has 0 spiro atoms. The largest absolute Gasteiger partial charge is 0.382 e. The van der Waals surface area contributed by atoms with Gasteiger partial charge in [-0.2, -0.15) is 0 Å². The van der Waals surface area contributed by atoms with Crippen LogP contribution in [0.2, 0.25) is 0 Å². The Hall–Kier alpha value is 0.170. The summed E-state index contributed by atoms with van der Waals surface area (Å²) in [7, 11) is 1.68. The molecule has 18 heavy (non-hydrogen) atoms. The molecule has 4 heteroatoms. The first-order valence-corrected chi connectivity index (χ1v) is 7.56. The van der Waals surface area contributed by atoms with Crippen LogP contribution in [0.15, 0.2) is 0 Å². The summed E-state index contributed by atoms with van der Waals surface area (Å²) in [5.74, 6) is 0.674. The lowest BCUT2D eigenvalue weighted by molar-refractivity contribution is -0.166. The van der Waals surface area contributed by atoms with E-state index >= 15 is 0 Å². The van der Waals surface area contributed by atoms with Crippen molar-refractivity contribution in [3.05, 3.63) is 0 Å². The van der Waals surface area contributed by atoms with Crippen molar-refractivity contribution in [1.29, 1.82) is 0 Å². The molecule has 0 aromatic rings. The maximum atomic E-state index is 6.20. The monoisotopic (exact) mass is 276 g/mol. The Bertz CT molecular complexity index is 249. The Labute approximate surface area is 115 Å². The highest BCUT2D eigenvalue weighted by Gasteiger charge is 2.43. The van der Waals surface area contributed by atoms with Gasteiger partial charge in [-0.15, -0.1) is 11.6 Å². The van der Waals surface area contributed by atoms with Crippen LogP contribution in [0.4, 0.5) is 0 Å². The molecule has 2 aliphatic carbocycles. The molecule has 106 valence electrons. The normalized spacial score (nSPS) is 40.5. The van der Waals surface area contributed by atoms with Gasteiger partial charge < -0.3 is 14.2 Å². The maximum absolute atomic E-state index is 6.20. The summed E-state index contributed by atoms with van der Waals surface area (Å²) in [5, 5.41) is 0.103. The average molecular weight is 277 g/mol. The van der Waals surface area contributed by atoms with E-state index in [2.05, 4.69) is 6.92 Å². The molecule has 0 aliphatic heterocycles. The predicted molar refractivity (Wildman–Crippen MR) is 72.2 cm³/mol. The molecule has 0 heterocycles. The molecule has 2 fully saturated rings. The summed E-state index contributed by atoms with van der Waals surface area (Å²) < 4.78 is 16.9.